The van der Waals surface area contributed by atoms with Gasteiger partial charge in [0, 0.05) is 50.5 Å². The minimum atomic E-state index is -0.105. The van der Waals surface area contributed by atoms with Crippen LogP contribution < -0.4 is 35.8 Å². The molecule has 0 N–H and O–H groups in total. The second-order valence-electron chi connectivity index (χ2n) is 18.0. The van der Waals surface area contributed by atoms with E-state index in [4.69, 9.17) is 4.74 Å². The lowest BCUT2D eigenvalue weighted by Crippen LogP contribution is -2.59. The number of nitrogens with zero attached hydrogens (tertiary/aromatic N) is 3. The molecule has 69 heavy (non-hydrogen) atoms. The summed E-state index contributed by atoms with van der Waals surface area (Å²) in [6.45, 7) is -0.105. The van der Waals surface area contributed by atoms with Gasteiger partial charge in [0.05, 0.1) is 17.1 Å². The van der Waals surface area contributed by atoms with E-state index in [2.05, 4.69) is 269 Å². The minimum absolute atomic E-state index is 0.105. The number of benzene rings is 11. The third kappa shape index (κ3) is 6.25. The molecule has 14 rings (SSSR count). The van der Waals surface area contributed by atoms with Crippen molar-refractivity contribution in [3.8, 4) is 44.9 Å². The van der Waals surface area contributed by atoms with E-state index in [9.17, 15) is 0 Å². The van der Waals surface area contributed by atoms with Crippen LogP contribution in [0.2, 0.25) is 0 Å². The fraction of sp³-hybridized carbons (Fsp3) is 0. The van der Waals surface area contributed by atoms with Crippen LogP contribution in [0.5, 0.6) is 11.5 Å². The molecule has 11 aromatic carbocycles. The van der Waals surface area contributed by atoms with Gasteiger partial charge in [-0.25, -0.2) is 0 Å². The van der Waals surface area contributed by atoms with E-state index < -0.39 is 0 Å². The molecule has 11 aromatic rings. The summed E-state index contributed by atoms with van der Waals surface area (Å²) in [6.07, 6.45) is 0. The molecule has 0 aromatic heterocycles. The summed E-state index contributed by atoms with van der Waals surface area (Å²) < 4.78 is 7.23. The second-order valence-corrected chi connectivity index (χ2v) is 18.0. The lowest BCUT2D eigenvalue weighted by molar-refractivity contribution is 0.488. The molecule has 3 aliphatic heterocycles. The molecular weight excluding hydrogens is 838 g/mol. The van der Waals surface area contributed by atoms with E-state index >= 15 is 0 Å². The third-order valence-electron chi connectivity index (χ3n) is 14.2. The lowest BCUT2D eigenvalue weighted by atomic mass is 9.34. The Morgan fingerprint density at radius 1 is 0.348 bits per heavy atom. The molecule has 322 valence electrons. The van der Waals surface area contributed by atoms with Crippen LogP contribution in [0.4, 0.5) is 51.2 Å². The van der Waals surface area contributed by atoms with Gasteiger partial charge in [0.1, 0.15) is 11.5 Å². The van der Waals surface area contributed by atoms with Crippen LogP contribution in [0.25, 0.3) is 44.2 Å². The van der Waals surface area contributed by atoms with Gasteiger partial charge >= 0.3 is 0 Å². The first-order valence-electron chi connectivity index (χ1n) is 23.7. The average Bonchev–Trinajstić information content (AvgIpc) is 3.42. The molecule has 0 amide bonds. The van der Waals surface area contributed by atoms with Gasteiger partial charge in [0.25, 0.3) is 6.71 Å². The largest absolute Gasteiger partial charge is 0.458 e. The summed E-state index contributed by atoms with van der Waals surface area (Å²) in [7, 11) is 0. The van der Waals surface area contributed by atoms with Crippen molar-refractivity contribution in [1.29, 1.82) is 0 Å². The number of rotatable bonds is 7. The highest BCUT2D eigenvalue weighted by molar-refractivity contribution is 6.99. The predicted octanol–water partition coefficient (Wildman–Crippen LogP) is 15.5. The predicted molar refractivity (Wildman–Crippen MR) is 289 cm³/mol. The Kier molecular flexibility index (Phi) is 8.96. The standard InChI is InChI=1S/C64H42BN3O/c1-6-18-43(19-7-1)45-32-35-50(36-33-45)67-57-38-34-46(44-20-8-2-9-21-44)40-54(57)65-55-42-60-53(41-62(55)69-61-31-17-30-59(67)64(61)65)51-37-39-56(66(47-22-10-3-11-23-47)48-24-12-4-13-25-48)52-28-16-29-58(63(51)52)68(60)49-26-14-5-15-27-49/h1-42H. The van der Waals surface area contributed by atoms with Gasteiger partial charge < -0.3 is 19.4 Å². The van der Waals surface area contributed by atoms with E-state index in [-0.39, 0.29) is 6.71 Å². The van der Waals surface area contributed by atoms with Crippen molar-refractivity contribution in [2.45, 2.75) is 0 Å². The first-order chi connectivity index (χ1) is 34.2. The van der Waals surface area contributed by atoms with Gasteiger partial charge in [-0.2, -0.15) is 0 Å². The Bertz CT molecular complexity index is 3720. The topological polar surface area (TPSA) is 19.0 Å². The van der Waals surface area contributed by atoms with Gasteiger partial charge in [-0.3, -0.25) is 0 Å². The highest BCUT2D eigenvalue weighted by Gasteiger charge is 2.43. The second kappa shape index (κ2) is 15.8. The van der Waals surface area contributed by atoms with Gasteiger partial charge in [0.2, 0.25) is 0 Å². The Balaban J connectivity index is 0.990. The Labute approximate surface area is 402 Å². The zero-order valence-corrected chi connectivity index (χ0v) is 37.6. The number of ether oxygens (including phenoxy) is 1. The zero-order chi connectivity index (χ0) is 45.4. The fourth-order valence-electron chi connectivity index (χ4n) is 11.2. The molecule has 0 unspecified atom stereocenters. The number of fused-ring (bicyclic) bond motifs is 6. The van der Waals surface area contributed by atoms with Gasteiger partial charge in [-0.05, 0) is 135 Å². The monoisotopic (exact) mass is 879 g/mol. The lowest BCUT2D eigenvalue weighted by Gasteiger charge is -2.41. The summed E-state index contributed by atoms with van der Waals surface area (Å²) >= 11 is 0. The Morgan fingerprint density at radius 3 is 1.61 bits per heavy atom. The molecule has 3 heterocycles. The summed E-state index contributed by atoms with van der Waals surface area (Å²) in [5.74, 6) is 1.75. The molecule has 0 bridgehead atoms. The molecule has 0 saturated heterocycles. The van der Waals surface area contributed by atoms with Crippen LogP contribution in [0, 0.1) is 0 Å². The van der Waals surface area contributed by atoms with Crippen LogP contribution in [-0.4, -0.2) is 6.71 Å². The smallest absolute Gasteiger partial charge is 0.256 e. The SMILES string of the molecule is c1ccc(-c2ccc(N3c4ccc(-c5ccccc5)cc4B4c5cc6c(cc5Oc5cccc3c54)-c3ccc(N(c4ccccc4)c4ccccc4)c4cccc(c34)N6c3ccccc3)cc2)cc1. The molecule has 4 nitrogen and oxygen atoms in total. The van der Waals surface area contributed by atoms with Crippen LogP contribution in [0.1, 0.15) is 0 Å². The molecule has 3 aliphatic rings. The molecule has 0 saturated carbocycles. The average molecular weight is 880 g/mol. The van der Waals surface area contributed by atoms with Crippen LogP contribution in [-0.2, 0) is 0 Å². The molecule has 0 atom stereocenters. The molecule has 0 radical (unpaired) electrons. The number of para-hydroxylation sites is 3. The third-order valence-corrected chi connectivity index (χ3v) is 14.2. The molecule has 0 fully saturated rings. The number of anilines is 9. The summed E-state index contributed by atoms with van der Waals surface area (Å²) in [5.41, 5.74) is 20.7. The van der Waals surface area contributed by atoms with E-state index in [1.165, 1.54) is 49.5 Å². The van der Waals surface area contributed by atoms with E-state index in [0.717, 1.165) is 73.7 Å². The van der Waals surface area contributed by atoms with Crippen molar-refractivity contribution < 1.29 is 4.74 Å². The molecular formula is C64H42BN3O. The Morgan fingerprint density at radius 2 is 0.913 bits per heavy atom. The van der Waals surface area contributed by atoms with Crippen molar-refractivity contribution in [1.82, 2.24) is 0 Å². The van der Waals surface area contributed by atoms with Crippen LogP contribution in [0.15, 0.2) is 255 Å². The summed E-state index contributed by atoms with van der Waals surface area (Å²) in [4.78, 5) is 7.27. The van der Waals surface area contributed by atoms with E-state index in [1.807, 2.05) is 0 Å². The fourth-order valence-corrected chi connectivity index (χ4v) is 11.2. The first-order valence-corrected chi connectivity index (χ1v) is 23.7. The van der Waals surface area contributed by atoms with Gasteiger partial charge in [-0.1, -0.05) is 164 Å². The van der Waals surface area contributed by atoms with Crippen molar-refractivity contribution in [2.24, 2.45) is 0 Å². The van der Waals surface area contributed by atoms with Crippen LogP contribution in [0.3, 0.4) is 0 Å². The van der Waals surface area contributed by atoms with E-state index in [1.54, 1.807) is 0 Å². The highest BCUT2D eigenvalue weighted by Crippen LogP contribution is 2.55. The number of hydrogen-bond acceptors (Lipinski definition) is 4. The summed E-state index contributed by atoms with van der Waals surface area (Å²) in [6, 6.07) is 92.3. The van der Waals surface area contributed by atoms with Crippen molar-refractivity contribution in [2.75, 3.05) is 14.7 Å². The summed E-state index contributed by atoms with van der Waals surface area (Å²) in [5, 5.41) is 2.37. The zero-order valence-electron chi connectivity index (χ0n) is 37.6. The quantitative estimate of drug-likeness (QED) is 0.148. The Hall–Kier alpha value is -9.06. The molecule has 5 heteroatoms. The highest BCUT2D eigenvalue weighted by atomic mass is 16.5. The van der Waals surface area contributed by atoms with Crippen molar-refractivity contribution in [3.05, 3.63) is 255 Å². The minimum Gasteiger partial charge on any atom is -0.458 e. The van der Waals surface area contributed by atoms with Gasteiger partial charge in [-0.15, -0.1) is 0 Å². The van der Waals surface area contributed by atoms with Gasteiger partial charge in [0.15, 0.2) is 0 Å². The van der Waals surface area contributed by atoms with E-state index in [0.29, 0.717) is 0 Å². The normalized spacial score (nSPS) is 12.7. The maximum Gasteiger partial charge on any atom is 0.256 e. The molecule has 0 aliphatic carbocycles. The number of hydrogen-bond donors (Lipinski definition) is 0. The maximum atomic E-state index is 7.23. The van der Waals surface area contributed by atoms with Crippen molar-refractivity contribution >= 4 is 85.1 Å². The first kappa shape index (κ1) is 39.1. The maximum absolute atomic E-state index is 7.23. The van der Waals surface area contributed by atoms with Crippen LogP contribution >= 0.6 is 0 Å². The van der Waals surface area contributed by atoms with Crippen molar-refractivity contribution in [3.63, 3.8) is 0 Å². The molecule has 0 spiro atoms.